The Bertz CT molecular complexity index is 533. The van der Waals surface area contributed by atoms with E-state index in [4.69, 9.17) is 0 Å². The first-order valence-corrected chi connectivity index (χ1v) is 7.21. The molecule has 1 aliphatic heterocycles. The average Bonchev–Trinajstić information content (AvgIpc) is 2.75. The first-order chi connectivity index (χ1) is 9.47. The normalized spacial score (nSPS) is 19.2. The number of hydrogen-bond acceptors (Lipinski definition) is 3. The summed E-state index contributed by atoms with van der Waals surface area (Å²) < 4.78 is 0. The summed E-state index contributed by atoms with van der Waals surface area (Å²) in [5.41, 5.74) is 2.91. The van der Waals surface area contributed by atoms with Crippen molar-refractivity contribution in [1.82, 2.24) is 15.2 Å². The lowest BCUT2D eigenvalue weighted by atomic mass is 10.0. The van der Waals surface area contributed by atoms with Gasteiger partial charge < -0.3 is 15.2 Å². The lowest BCUT2D eigenvalue weighted by Gasteiger charge is -2.34. The second-order valence-electron chi connectivity index (χ2n) is 5.44. The fourth-order valence-corrected chi connectivity index (χ4v) is 2.98. The highest BCUT2D eigenvalue weighted by atomic mass is 16.2. The molecule has 1 aliphatic rings. The van der Waals surface area contributed by atoms with E-state index in [0.717, 1.165) is 24.3 Å². The van der Waals surface area contributed by atoms with Crippen LogP contribution >= 0.6 is 0 Å². The Kier molecular flexibility index (Phi) is 4.28. The minimum atomic E-state index is 0.00597. The molecular formula is C15H23N3O2. The average molecular weight is 277 g/mol. The molecule has 0 bridgehead atoms. The summed E-state index contributed by atoms with van der Waals surface area (Å²) >= 11 is 0. The monoisotopic (exact) mass is 277 g/mol. The Labute approximate surface area is 119 Å². The lowest BCUT2D eigenvalue weighted by Crippen LogP contribution is -2.52. The number of Topliss-reactive ketones (excluding diaryl/α,β-unsaturated/α-hetero) is 1. The minimum absolute atomic E-state index is 0.00597. The van der Waals surface area contributed by atoms with Crippen molar-refractivity contribution in [2.45, 2.75) is 40.2 Å². The molecule has 1 amide bonds. The van der Waals surface area contributed by atoms with E-state index in [1.165, 1.54) is 0 Å². The molecule has 2 heterocycles. The van der Waals surface area contributed by atoms with Crippen LogP contribution in [0, 0.1) is 6.92 Å². The van der Waals surface area contributed by atoms with Crippen molar-refractivity contribution < 1.29 is 9.59 Å². The fraction of sp³-hybridized carbons (Fsp3) is 0.600. The molecule has 0 radical (unpaired) electrons. The Morgan fingerprint density at radius 1 is 1.40 bits per heavy atom. The second kappa shape index (κ2) is 5.79. The minimum Gasteiger partial charge on any atom is -0.354 e. The summed E-state index contributed by atoms with van der Waals surface area (Å²) in [6.07, 6.45) is 0.681. The number of aromatic nitrogens is 1. The van der Waals surface area contributed by atoms with Crippen molar-refractivity contribution in [2.24, 2.45) is 0 Å². The van der Waals surface area contributed by atoms with Crippen LogP contribution in [0.2, 0.25) is 0 Å². The van der Waals surface area contributed by atoms with E-state index in [0.29, 0.717) is 24.2 Å². The number of aromatic amines is 1. The standard InChI is InChI=1S/C15H23N3O2/c1-5-12-13(11(4)19)10(3)17-14(12)15(20)18-7-6-16-8-9(18)2/h9,16-17H,5-8H2,1-4H3/t9-/m0/s1. The van der Waals surface area contributed by atoms with Gasteiger partial charge in [0.15, 0.2) is 5.78 Å². The van der Waals surface area contributed by atoms with Gasteiger partial charge in [-0.25, -0.2) is 0 Å². The molecule has 110 valence electrons. The van der Waals surface area contributed by atoms with Crippen LogP contribution in [-0.2, 0) is 6.42 Å². The third-order valence-corrected chi connectivity index (χ3v) is 3.97. The van der Waals surface area contributed by atoms with Gasteiger partial charge in [0.2, 0.25) is 0 Å². The highest BCUT2D eigenvalue weighted by molar-refractivity contribution is 6.02. The Balaban J connectivity index is 2.39. The van der Waals surface area contributed by atoms with Crippen molar-refractivity contribution in [2.75, 3.05) is 19.6 Å². The van der Waals surface area contributed by atoms with Crippen molar-refractivity contribution >= 4 is 11.7 Å². The summed E-state index contributed by atoms with van der Waals surface area (Å²) in [7, 11) is 0. The quantitative estimate of drug-likeness (QED) is 0.823. The number of nitrogens with one attached hydrogen (secondary N) is 2. The summed E-state index contributed by atoms with van der Waals surface area (Å²) in [6.45, 7) is 9.76. The summed E-state index contributed by atoms with van der Waals surface area (Å²) in [6, 6.07) is 0.172. The van der Waals surface area contributed by atoms with E-state index in [1.54, 1.807) is 6.92 Å². The molecule has 0 unspecified atom stereocenters. The number of aryl methyl sites for hydroxylation is 1. The predicted octanol–water partition coefficient (Wildman–Crippen LogP) is 1.52. The summed E-state index contributed by atoms with van der Waals surface area (Å²) in [5.74, 6) is 0.0226. The molecule has 1 saturated heterocycles. The molecule has 20 heavy (non-hydrogen) atoms. The zero-order valence-corrected chi connectivity index (χ0v) is 12.7. The summed E-state index contributed by atoms with van der Waals surface area (Å²) in [4.78, 5) is 29.5. The van der Waals surface area contributed by atoms with E-state index < -0.39 is 0 Å². The van der Waals surface area contributed by atoms with Crippen molar-refractivity contribution in [3.05, 3.63) is 22.5 Å². The first-order valence-electron chi connectivity index (χ1n) is 7.21. The molecule has 0 saturated carbocycles. The molecule has 5 nitrogen and oxygen atoms in total. The topological polar surface area (TPSA) is 65.2 Å². The number of ketones is 1. The van der Waals surface area contributed by atoms with Crippen molar-refractivity contribution in [1.29, 1.82) is 0 Å². The van der Waals surface area contributed by atoms with Gasteiger partial charge in [0.25, 0.3) is 5.91 Å². The van der Waals surface area contributed by atoms with Crippen LogP contribution in [0.4, 0.5) is 0 Å². The van der Waals surface area contributed by atoms with E-state index >= 15 is 0 Å². The largest absolute Gasteiger partial charge is 0.354 e. The van der Waals surface area contributed by atoms with Gasteiger partial charge in [0, 0.05) is 36.9 Å². The third-order valence-electron chi connectivity index (χ3n) is 3.97. The number of carbonyl (C=O) groups is 2. The van der Waals surface area contributed by atoms with Crippen molar-refractivity contribution in [3.8, 4) is 0 Å². The van der Waals surface area contributed by atoms with Gasteiger partial charge in [-0.15, -0.1) is 0 Å². The number of hydrogen-bond donors (Lipinski definition) is 2. The van der Waals surface area contributed by atoms with Gasteiger partial charge in [-0.05, 0) is 32.8 Å². The maximum atomic E-state index is 12.7. The lowest BCUT2D eigenvalue weighted by molar-refractivity contribution is 0.0649. The van der Waals surface area contributed by atoms with Crippen LogP contribution in [-0.4, -0.2) is 47.3 Å². The van der Waals surface area contributed by atoms with Crippen LogP contribution in [0.25, 0.3) is 0 Å². The van der Waals surface area contributed by atoms with Gasteiger partial charge >= 0.3 is 0 Å². The highest BCUT2D eigenvalue weighted by Crippen LogP contribution is 2.22. The predicted molar refractivity (Wildman–Crippen MR) is 78.3 cm³/mol. The molecule has 5 heteroatoms. The zero-order chi connectivity index (χ0) is 14.9. The molecule has 1 fully saturated rings. The second-order valence-corrected chi connectivity index (χ2v) is 5.44. The summed E-state index contributed by atoms with van der Waals surface area (Å²) in [5, 5.41) is 3.28. The van der Waals surface area contributed by atoms with E-state index in [-0.39, 0.29) is 17.7 Å². The number of H-pyrrole nitrogens is 1. The third kappa shape index (κ3) is 2.50. The van der Waals surface area contributed by atoms with Crippen LogP contribution in [0.5, 0.6) is 0 Å². The molecule has 2 N–H and O–H groups in total. The molecule has 0 aromatic carbocycles. The molecule has 1 aromatic heterocycles. The SMILES string of the molecule is CCc1c(C(=O)N2CCNC[C@@H]2C)[nH]c(C)c1C(C)=O. The Morgan fingerprint density at radius 2 is 2.10 bits per heavy atom. The van der Waals surface area contributed by atoms with E-state index in [1.807, 2.05) is 25.7 Å². The smallest absolute Gasteiger partial charge is 0.270 e. The Hall–Kier alpha value is -1.62. The molecule has 1 atom stereocenters. The number of carbonyl (C=O) groups excluding carboxylic acids is 2. The first kappa shape index (κ1) is 14.8. The maximum absolute atomic E-state index is 12.7. The number of rotatable bonds is 3. The highest BCUT2D eigenvalue weighted by Gasteiger charge is 2.29. The van der Waals surface area contributed by atoms with Gasteiger partial charge in [-0.3, -0.25) is 9.59 Å². The molecule has 0 spiro atoms. The molecular weight excluding hydrogens is 254 g/mol. The van der Waals surface area contributed by atoms with Gasteiger partial charge in [0.1, 0.15) is 5.69 Å². The molecule has 1 aromatic rings. The Morgan fingerprint density at radius 3 is 2.65 bits per heavy atom. The number of amides is 1. The van der Waals surface area contributed by atoms with E-state index in [2.05, 4.69) is 10.3 Å². The van der Waals surface area contributed by atoms with Crippen LogP contribution < -0.4 is 5.32 Å². The number of nitrogens with zero attached hydrogens (tertiary/aromatic N) is 1. The zero-order valence-electron chi connectivity index (χ0n) is 12.7. The van der Waals surface area contributed by atoms with Gasteiger partial charge in [-0.2, -0.15) is 0 Å². The van der Waals surface area contributed by atoms with E-state index in [9.17, 15) is 9.59 Å². The molecule has 2 rings (SSSR count). The molecule has 0 aliphatic carbocycles. The van der Waals surface area contributed by atoms with Crippen molar-refractivity contribution in [3.63, 3.8) is 0 Å². The fourth-order valence-electron chi connectivity index (χ4n) is 2.98. The number of piperazine rings is 1. The maximum Gasteiger partial charge on any atom is 0.270 e. The van der Waals surface area contributed by atoms with Crippen LogP contribution in [0.1, 0.15) is 52.9 Å². The van der Waals surface area contributed by atoms with Crippen LogP contribution in [0.15, 0.2) is 0 Å². The van der Waals surface area contributed by atoms with Gasteiger partial charge in [-0.1, -0.05) is 6.92 Å². The van der Waals surface area contributed by atoms with Gasteiger partial charge in [0.05, 0.1) is 0 Å². The van der Waals surface area contributed by atoms with Crippen LogP contribution in [0.3, 0.4) is 0 Å².